The van der Waals surface area contributed by atoms with E-state index in [0.717, 1.165) is 31.4 Å². The van der Waals surface area contributed by atoms with E-state index in [1.165, 1.54) is 16.7 Å². The molecule has 0 spiro atoms. The molecule has 0 amide bonds. The zero-order valence-electron chi connectivity index (χ0n) is 12.5. The lowest BCUT2D eigenvalue weighted by Gasteiger charge is -2.09. The van der Waals surface area contributed by atoms with E-state index in [9.17, 15) is 0 Å². The van der Waals surface area contributed by atoms with Crippen molar-refractivity contribution in [1.82, 2.24) is 0 Å². The van der Waals surface area contributed by atoms with Gasteiger partial charge in [-0.15, -0.1) is 0 Å². The molecule has 0 aliphatic carbocycles. The summed E-state index contributed by atoms with van der Waals surface area (Å²) in [6.07, 6.45) is 4.61. The third kappa shape index (κ3) is 3.72. The molecule has 1 aliphatic heterocycles. The number of benzene rings is 2. The monoisotopic (exact) mass is 279 g/mol. The lowest BCUT2D eigenvalue weighted by molar-refractivity contribution is 0.0776. The molecule has 1 aliphatic rings. The number of hydrogen-bond acceptors (Lipinski definition) is 2. The molecule has 2 aromatic rings. The van der Waals surface area contributed by atoms with Gasteiger partial charge >= 0.3 is 0 Å². The summed E-state index contributed by atoms with van der Waals surface area (Å²) in [6, 6.07) is 19.4. The standard InChI is InChI=1S/C19H21NO/c1-15-13-19(21-20-15)12-6-8-16-7-5-11-18(14-16)17-9-3-2-4-10-17/h2-5,7,9-11,14,19H,6,8,12-13H2,1H3/t19-/m1/s1. The van der Waals surface area contributed by atoms with Crippen molar-refractivity contribution in [3.63, 3.8) is 0 Å². The molecule has 1 atom stereocenters. The van der Waals surface area contributed by atoms with Gasteiger partial charge in [-0.05, 0) is 42.9 Å². The minimum atomic E-state index is 0.294. The zero-order valence-corrected chi connectivity index (χ0v) is 12.5. The van der Waals surface area contributed by atoms with Crippen LogP contribution in [0.1, 0.15) is 31.7 Å². The predicted octanol–water partition coefficient (Wildman–Crippen LogP) is 4.84. The highest BCUT2D eigenvalue weighted by Crippen LogP contribution is 2.22. The average Bonchev–Trinajstić information content (AvgIpc) is 2.94. The van der Waals surface area contributed by atoms with Crippen molar-refractivity contribution >= 4 is 5.71 Å². The molecular weight excluding hydrogens is 258 g/mol. The quantitative estimate of drug-likeness (QED) is 0.767. The normalized spacial score (nSPS) is 17.4. The molecular formula is C19H21NO. The summed E-state index contributed by atoms with van der Waals surface area (Å²) in [4.78, 5) is 5.38. The summed E-state index contributed by atoms with van der Waals surface area (Å²) >= 11 is 0. The first-order valence-corrected chi connectivity index (χ1v) is 7.65. The third-order valence-corrected chi connectivity index (χ3v) is 3.91. The molecule has 1 heterocycles. The number of aryl methyl sites for hydroxylation is 1. The van der Waals surface area contributed by atoms with Gasteiger partial charge in [0, 0.05) is 6.42 Å². The molecule has 0 aromatic heterocycles. The highest BCUT2D eigenvalue weighted by molar-refractivity contribution is 5.82. The van der Waals surface area contributed by atoms with Crippen LogP contribution in [0.4, 0.5) is 0 Å². The highest BCUT2D eigenvalue weighted by atomic mass is 16.6. The van der Waals surface area contributed by atoms with E-state index in [2.05, 4.69) is 59.8 Å². The molecule has 0 radical (unpaired) electrons. The van der Waals surface area contributed by atoms with Crippen LogP contribution in [0.5, 0.6) is 0 Å². The fraction of sp³-hybridized carbons (Fsp3) is 0.316. The van der Waals surface area contributed by atoms with Gasteiger partial charge in [0.2, 0.25) is 0 Å². The van der Waals surface area contributed by atoms with Crippen LogP contribution >= 0.6 is 0 Å². The van der Waals surface area contributed by atoms with Gasteiger partial charge in [0.15, 0.2) is 0 Å². The van der Waals surface area contributed by atoms with Gasteiger partial charge in [-0.2, -0.15) is 0 Å². The van der Waals surface area contributed by atoms with Crippen LogP contribution in [-0.2, 0) is 11.3 Å². The van der Waals surface area contributed by atoms with Gasteiger partial charge in [-0.1, -0.05) is 59.8 Å². The first-order valence-electron chi connectivity index (χ1n) is 7.65. The fourth-order valence-electron chi connectivity index (χ4n) is 2.79. The molecule has 21 heavy (non-hydrogen) atoms. The topological polar surface area (TPSA) is 21.6 Å². The van der Waals surface area contributed by atoms with E-state index in [4.69, 9.17) is 4.84 Å². The molecule has 0 saturated carbocycles. The molecule has 3 rings (SSSR count). The average molecular weight is 279 g/mol. The SMILES string of the molecule is CC1=NO[C@H](CCCc2cccc(-c3ccccc3)c2)C1. The van der Waals surface area contributed by atoms with Crippen molar-refractivity contribution in [3.05, 3.63) is 60.2 Å². The van der Waals surface area contributed by atoms with E-state index in [0.29, 0.717) is 6.10 Å². The predicted molar refractivity (Wildman–Crippen MR) is 87.4 cm³/mol. The number of oxime groups is 1. The van der Waals surface area contributed by atoms with Crippen LogP contribution in [0.15, 0.2) is 59.8 Å². The van der Waals surface area contributed by atoms with E-state index in [-0.39, 0.29) is 0 Å². The zero-order chi connectivity index (χ0) is 14.5. The van der Waals surface area contributed by atoms with Crippen LogP contribution in [0.25, 0.3) is 11.1 Å². The molecule has 0 unspecified atom stereocenters. The van der Waals surface area contributed by atoms with Crippen LogP contribution < -0.4 is 0 Å². The minimum Gasteiger partial charge on any atom is -0.392 e. The van der Waals surface area contributed by atoms with Crippen molar-refractivity contribution in [1.29, 1.82) is 0 Å². The second-order valence-corrected chi connectivity index (χ2v) is 5.72. The number of nitrogens with zero attached hydrogens (tertiary/aromatic N) is 1. The Morgan fingerprint density at radius 1 is 1.05 bits per heavy atom. The van der Waals surface area contributed by atoms with Gasteiger partial charge in [0.1, 0.15) is 6.10 Å². The van der Waals surface area contributed by atoms with E-state index < -0.39 is 0 Å². The lowest BCUT2D eigenvalue weighted by Crippen LogP contribution is -2.06. The first kappa shape index (κ1) is 13.9. The van der Waals surface area contributed by atoms with Gasteiger partial charge in [-0.3, -0.25) is 0 Å². The van der Waals surface area contributed by atoms with Crippen LogP contribution in [-0.4, -0.2) is 11.8 Å². The highest BCUT2D eigenvalue weighted by Gasteiger charge is 2.17. The molecule has 0 bridgehead atoms. The first-order chi connectivity index (χ1) is 10.3. The molecule has 2 aromatic carbocycles. The molecule has 0 saturated heterocycles. The van der Waals surface area contributed by atoms with E-state index in [1.807, 2.05) is 6.92 Å². The minimum absolute atomic E-state index is 0.294. The van der Waals surface area contributed by atoms with Crippen LogP contribution in [0, 0.1) is 0 Å². The largest absolute Gasteiger partial charge is 0.392 e. The summed E-state index contributed by atoms with van der Waals surface area (Å²) < 4.78 is 0. The van der Waals surface area contributed by atoms with Crippen LogP contribution in [0.3, 0.4) is 0 Å². The molecule has 108 valence electrons. The second kappa shape index (κ2) is 6.57. The number of hydrogen-bond donors (Lipinski definition) is 0. The van der Waals surface area contributed by atoms with Gasteiger partial charge < -0.3 is 4.84 Å². The van der Waals surface area contributed by atoms with Gasteiger partial charge in [0.05, 0.1) is 5.71 Å². The summed E-state index contributed by atoms with van der Waals surface area (Å²) in [5, 5.41) is 4.01. The lowest BCUT2D eigenvalue weighted by atomic mass is 9.99. The molecule has 0 N–H and O–H groups in total. The Hall–Kier alpha value is -2.09. The van der Waals surface area contributed by atoms with Crippen molar-refractivity contribution in [2.24, 2.45) is 5.16 Å². The Morgan fingerprint density at radius 2 is 1.86 bits per heavy atom. The van der Waals surface area contributed by atoms with Crippen molar-refractivity contribution < 1.29 is 4.84 Å². The van der Waals surface area contributed by atoms with E-state index in [1.54, 1.807) is 0 Å². The second-order valence-electron chi connectivity index (χ2n) is 5.72. The van der Waals surface area contributed by atoms with Crippen LogP contribution in [0.2, 0.25) is 0 Å². The molecule has 0 fully saturated rings. The summed E-state index contributed by atoms with van der Waals surface area (Å²) in [7, 11) is 0. The Bertz CT molecular complexity index is 618. The maximum atomic E-state index is 5.38. The van der Waals surface area contributed by atoms with Crippen molar-refractivity contribution in [2.75, 3.05) is 0 Å². The fourth-order valence-corrected chi connectivity index (χ4v) is 2.79. The third-order valence-electron chi connectivity index (χ3n) is 3.91. The van der Waals surface area contributed by atoms with Crippen molar-refractivity contribution in [2.45, 2.75) is 38.7 Å². The maximum absolute atomic E-state index is 5.38. The number of rotatable bonds is 5. The van der Waals surface area contributed by atoms with E-state index >= 15 is 0 Å². The molecule has 2 heteroatoms. The summed E-state index contributed by atoms with van der Waals surface area (Å²) in [5.41, 5.74) is 5.09. The Morgan fingerprint density at radius 3 is 2.62 bits per heavy atom. The smallest absolute Gasteiger partial charge is 0.132 e. The van der Waals surface area contributed by atoms with Crippen molar-refractivity contribution in [3.8, 4) is 11.1 Å². The Balaban J connectivity index is 1.57. The Labute approximate surface area is 126 Å². The summed E-state index contributed by atoms with van der Waals surface area (Å²) in [5.74, 6) is 0. The Kier molecular flexibility index (Phi) is 4.34. The van der Waals surface area contributed by atoms with Gasteiger partial charge in [-0.25, -0.2) is 0 Å². The maximum Gasteiger partial charge on any atom is 0.132 e. The molecule has 2 nitrogen and oxygen atoms in total. The summed E-state index contributed by atoms with van der Waals surface area (Å²) in [6.45, 7) is 2.03. The van der Waals surface area contributed by atoms with Gasteiger partial charge in [0.25, 0.3) is 0 Å².